The first-order valence-corrected chi connectivity index (χ1v) is 14.0. The van der Waals surface area contributed by atoms with Crippen LogP contribution in [0.25, 0.3) is 5.65 Å². The molecule has 0 radical (unpaired) electrons. The third-order valence-electron chi connectivity index (χ3n) is 6.28. The van der Waals surface area contributed by atoms with Gasteiger partial charge in [0, 0.05) is 62.8 Å². The highest BCUT2D eigenvalue weighted by atomic mass is 127. The number of nitrogens with zero attached hydrogens (tertiary/aromatic N) is 5. The van der Waals surface area contributed by atoms with Crippen LogP contribution in [0.15, 0.2) is 36.8 Å². The molecule has 12 heteroatoms. The highest BCUT2D eigenvalue weighted by Crippen LogP contribution is 2.23. The van der Waals surface area contributed by atoms with Gasteiger partial charge in [0.15, 0.2) is 11.5 Å². The van der Waals surface area contributed by atoms with Crippen LogP contribution in [-0.4, -0.2) is 80.4 Å². The number of benzene rings is 1. The van der Waals surface area contributed by atoms with Crippen LogP contribution >= 0.6 is 22.6 Å². The molecule has 2 N–H and O–H groups in total. The van der Waals surface area contributed by atoms with Crippen molar-refractivity contribution in [1.82, 2.24) is 29.5 Å². The van der Waals surface area contributed by atoms with Crippen LogP contribution in [0, 0.1) is 3.70 Å². The van der Waals surface area contributed by atoms with Crippen LogP contribution in [0.4, 0.5) is 16.3 Å². The lowest BCUT2D eigenvalue weighted by Crippen LogP contribution is -2.52. The lowest BCUT2D eigenvalue weighted by Gasteiger charge is -2.35. The number of aromatic nitrogens is 3. The highest BCUT2D eigenvalue weighted by Gasteiger charge is 2.27. The molecule has 11 nitrogen and oxygen atoms in total. The Morgan fingerprint density at radius 3 is 2.49 bits per heavy atom. The van der Waals surface area contributed by atoms with Crippen LogP contribution < -0.4 is 10.6 Å². The average molecular weight is 648 g/mol. The number of anilines is 2. The first-order chi connectivity index (χ1) is 18.6. The summed E-state index contributed by atoms with van der Waals surface area (Å²) in [6, 6.07) is 5.55. The molecule has 2 aromatic heterocycles. The fourth-order valence-corrected chi connectivity index (χ4v) is 4.83. The zero-order chi connectivity index (χ0) is 28.2. The summed E-state index contributed by atoms with van der Waals surface area (Å²) in [5.41, 5.74) is 2.43. The van der Waals surface area contributed by atoms with E-state index in [-0.39, 0.29) is 30.9 Å². The molecule has 0 spiro atoms. The number of amides is 3. The summed E-state index contributed by atoms with van der Waals surface area (Å²) in [5, 5.41) is 6.18. The maximum atomic E-state index is 12.9. The van der Waals surface area contributed by atoms with E-state index in [2.05, 4.69) is 43.2 Å². The van der Waals surface area contributed by atoms with E-state index in [0.29, 0.717) is 44.0 Å². The number of hydrogen-bond donors (Lipinski definition) is 2. The number of hydrogen-bond acceptors (Lipinski definition) is 7. The molecular weight excluding hydrogens is 613 g/mol. The fourth-order valence-electron chi connectivity index (χ4n) is 4.30. The summed E-state index contributed by atoms with van der Waals surface area (Å²) < 4.78 is 8.33. The SMILES string of the molecule is CCc1cc(Nc2nccn3c(I)cnc23)ccc1C(=O)NCCC(=O)N1CCN(C(=O)OC(C)(C)C)CC1. The Morgan fingerprint density at radius 1 is 1.08 bits per heavy atom. The van der Waals surface area contributed by atoms with Crippen LogP contribution in [-0.2, 0) is 16.0 Å². The normalized spacial score (nSPS) is 13.9. The molecule has 39 heavy (non-hydrogen) atoms. The fraction of sp³-hybridized carbons (Fsp3) is 0.444. The van der Waals surface area contributed by atoms with Crippen LogP contribution in [0.5, 0.6) is 0 Å². The Labute approximate surface area is 241 Å². The van der Waals surface area contributed by atoms with E-state index in [1.54, 1.807) is 28.3 Å². The summed E-state index contributed by atoms with van der Waals surface area (Å²) >= 11 is 2.22. The van der Waals surface area contributed by atoms with E-state index >= 15 is 0 Å². The number of carbonyl (C=O) groups is 3. The number of nitrogens with one attached hydrogen (secondary N) is 2. The Kier molecular flexibility index (Phi) is 8.93. The van der Waals surface area contributed by atoms with Gasteiger partial charge >= 0.3 is 6.09 Å². The predicted octanol–water partition coefficient (Wildman–Crippen LogP) is 3.84. The molecule has 1 fully saturated rings. The summed E-state index contributed by atoms with van der Waals surface area (Å²) in [5.74, 6) is 0.360. The van der Waals surface area contributed by atoms with Gasteiger partial charge in [-0.15, -0.1) is 0 Å². The van der Waals surface area contributed by atoms with Crippen LogP contribution in [0.2, 0.25) is 0 Å². The molecule has 1 aliphatic rings. The van der Waals surface area contributed by atoms with E-state index in [1.165, 1.54) is 0 Å². The van der Waals surface area contributed by atoms with Gasteiger partial charge < -0.3 is 25.2 Å². The second-order valence-corrected chi connectivity index (χ2v) is 11.4. The van der Waals surface area contributed by atoms with E-state index in [4.69, 9.17) is 4.74 Å². The topological polar surface area (TPSA) is 121 Å². The molecule has 3 heterocycles. The molecule has 1 saturated heterocycles. The predicted molar refractivity (Wildman–Crippen MR) is 156 cm³/mol. The monoisotopic (exact) mass is 647 g/mol. The number of imidazole rings is 1. The number of ether oxygens (including phenoxy) is 1. The molecule has 0 unspecified atom stereocenters. The zero-order valence-electron chi connectivity index (χ0n) is 22.7. The summed E-state index contributed by atoms with van der Waals surface area (Å²) in [4.78, 5) is 50.0. The van der Waals surface area contributed by atoms with Crippen molar-refractivity contribution in [3.05, 3.63) is 51.6 Å². The van der Waals surface area contributed by atoms with E-state index in [9.17, 15) is 14.4 Å². The number of aryl methyl sites for hydroxylation is 1. The van der Waals surface area contributed by atoms with Gasteiger partial charge in [-0.3, -0.25) is 14.0 Å². The van der Waals surface area contributed by atoms with Crippen molar-refractivity contribution >= 4 is 57.7 Å². The standard InChI is InChI=1S/C27H34IN7O4/c1-5-18-16-19(32-23-24-31-17-21(28)35(24)11-10-29-23)6-7-20(18)25(37)30-9-8-22(36)33-12-14-34(15-13-33)26(38)39-27(2,3)4/h6-7,10-11,16-17H,5,8-9,12-15H2,1-4H3,(H,29,32)(H,30,37). The van der Waals surface area contributed by atoms with Crippen molar-refractivity contribution in [1.29, 1.82) is 0 Å². The summed E-state index contributed by atoms with van der Waals surface area (Å²) in [7, 11) is 0. The van der Waals surface area contributed by atoms with Crippen molar-refractivity contribution in [2.24, 2.45) is 0 Å². The Bertz CT molecular complexity index is 1360. The molecule has 4 rings (SSSR count). The van der Waals surface area contributed by atoms with Crippen LogP contribution in [0.1, 0.15) is 50.0 Å². The maximum Gasteiger partial charge on any atom is 0.410 e. The van der Waals surface area contributed by atoms with Gasteiger partial charge in [0.2, 0.25) is 5.91 Å². The number of rotatable bonds is 7. The molecular formula is C27H34IN7O4. The van der Waals surface area contributed by atoms with Gasteiger partial charge in [0.05, 0.1) is 6.20 Å². The Hall–Kier alpha value is -3.42. The second-order valence-electron chi connectivity index (χ2n) is 10.3. The van der Waals surface area contributed by atoms with E-state index in [0.717, 1.165) is 20.6 Å². The van der Waals surface area contributed by atoms with Gasteiger partial charge in [-0.05, 0) is 73.5 Å². The van der Waals surface area contributed by atoms with E-state index < -0.39 is 5.60 Å². The minimum Gasteiger partial charge on any atom is -0.444 e. The molecule has 1 aromatic carbocycles. The number of halogens is 1. The largest absolute Gasteiger partial charge is 0.444 e. The number of piperazine rings is 1. The third kappa shape index (κ3) is 7.16. The quantitative estimate of drug-likeness (QED) is 0.374. The van der Waals surface area contributed by atoms with Crippen molar-refractivity contribution in [2.75, 3.05) is 38.0 Å². The Morgan fingerprint density at radius 2 is 1.79 bits per heavy atom. The number of fused-ring (bicyclic) bond motifs is 1. The third-order valence-corrected chi connectivity index (χ3v) is 7.08. The molecule has 1 aliphatic heterocycles. The van der Waals surface area contributed by atoms with Gasteiger partial charge in [-0.25, -0.2) is 14.8 Å². The van der Waals surface area contributed by atoms with E-state index in [1.807, 2.05) is 50.4 Å². The maximum absolute atomic E-state index is 12.9. The molecule has 0 saturated carbocycles. The van der Waals surface area contributed by atoms with Gasteiger partial charge in [-0.1, -0.05) is 6.92 Å². The average Bonchev–Trinajstić information content (AvgIpc) is 3.29. The minimum absolute atomic E-state index is 0.0512. The smallest absolute Gasteiger partial charge is 0.410 e. The van der Waals surface area contributed by atoms with Crippen LogP contribution in [0.3, 0.4) is 0 Å². The molecule has 0 aliphatic carbocycles. The molecule has 0 bridgehead atoms. The van der Waals surface area contributed by atoms with Crippen molar-refractivity contribution in [3.63, 3.8) is 0 Å². The summed E-state index contributed by atoms with van der Waals surface area (Å²) in [6.07, 6.45) is 5.84. The van der Waals surface area contributed by atoms with Crippen molar-refractivity contribution in [2.45, 2.75) is 46.1 Å². The lowest BCUT2D eigenvalue weighted by molar-refractivity contribution is -0.132. The van der Waals surface area contributed by atoms with Gasteiger partial charge in [0.1, 0.15) is 9.30 Å². The minimum atomic E-state index is -0.554. The zero-order valence-corrected chi connectivity index (χ0v) is 24.8. The first kappa shape index (κ1) is 28.6. The number of carbonyl (C=O) groups excluding carboxylic acids is 3. The highest BCUT2D eigenvalue weighted by molar-refractivity contribution is 14.1. The van der Waals surface area contributed by atoms with Gasteiger partial charge in [0.25, 0.3) is 5.91 Å². The first-order valence-electron chi connectivity index (χ1n) is 13.0. The molecule has 3 amide bonds. The van der Waals surface area contributed by atoms with Crippen molar-refractivity contribution < 1.29 is 19.1 Å². The van der Waals surface area contributed by atoms with Gasteiger partial charge in [-0.2, -0.15) is 0 Å². The molecule has 0 atom stereocenters. The molecule has 208 valence electrons. The Balaban J connectivity index is 1.28. The lowest BCUT2D eigenvalue weighted by atomic mass is 10.0. The van der Waals surface area contributed by atoms with Crippen molar-refractivity contribution in [3.8, 4) is 0 Å². The summed E-state index contributed by atoms with van der Waals surface area (Å²) in [6.45, 7) is 9.46. The second kappa shape index (κ2) is 12.2. The molecule has 3 aromatic rings.